The fourth-order valence-corrected chi connectivity index (χ4v) is 3.14. The van der Waals surface area contributed by atoms with Gasteiger partial charge in [-0.1, -0.05) is 42.0 Å². The molecule has 3 nitrogen and oxygen atoms in total. The third kappa shape index (κ3) is 2.86. The van der Waals surface area contributed by atoms with Crippen LogP contribution in [-0.4, -0.2) is 11.0 Å². The molecule has 0 bridgehead atoms. The molecule has 3 heteroatoms. The van der Waals surface area contributed by atoms with Crippen molar-refractivity contribution in [3.05, 3.63) is 59.2 Å². The average Bonchev–Trinajstić information content (AvgIpc) is 2.57. The van der Waals surface area contributed by atoms with E-state index >= 15 is 0 Å². The van der Waals surface area contributed by atoms with Crippen molar-refractivity contribution in [2.75, 3.05) is 0 Å². The van der Waals surface area contributed by atoms with Gasteiger partial charge >= 0.3 is 5.97 Å². The molecule has 22 heavy (non-hydrogen) atoms. The molecule has 0 aliphatic carbocycles. The van der Waals surface area contributed by atoms with Crippen molar-refractivity contribution >= 4 is 5.97 Å². The Balaban J connectivity index is 2.27. The minimum Gasteiger partial charge on any atom is -0.363 e. The van der Waals surface area contributed by atoms with Gasteiger partial charge in [0, 0.05) is 6.08 Å². The van der Waals surface area contributed by atoms with Gasteiger partial charge in [-0.3, -0.25) is 0 Å². The molecule has 0 unspecified atom stereocenters. The van der Waals surface area contributed by atoms with Gasteiger partial charge in [-0.05, 0) is 52.7 Å². The summed E-state index contributed by atoms with van der Waals surface area (Å²) < 4.78 is 0. The second-order valence-electron chi connectivity index (χ2n) is 6.97. The minimum atomic E-state index is -0.361. The maximum Gasteiger partial charge on any atom is 0.349 e. The van der Waals surface area contributed by atoms with Gasteiger partial charge in [0.25, 0.3) is 0 Å². The number of hydrogen-bond acceptors (Lipinski definition) is 3. The monoisotopic (exact) mass is 299 g/mol. The third-order valence-corrected chi connectivity index (χ3v) is 4.10. The topological polar surface area (TPSA) is 29.5 Å². The molecule has 1 aromatic carbocycles. The van der Waals surface area contributed by atoms with Gasteiger partial charge in [0.2, 0.25) is 0 Å². The van der Waals surface area contributed by atoms with E-state index in [9.17, 15) is 4.79 Å². The Morgan fingerprint density at radius 3 is 2.00 bits per heavy atom. The zero-order valence-electron chi connectivity index (χ0n) is 14.3. The molecule has 2 rings (SSSR count). The third-order valence-electron chi connectivity index (χ3n) is 4.10. The molecule has 1 heterocycles. The molecule has 0 saturated heterocycles. The van der Waals surface area contributed by atoms with E-state index in [1.165, 1.54) is 17.2 Å². The van der Waals surface area contributed by atoms with Crippen molar-refractivity contribution in [1.29, 1.82) is 0 Å². The number of carbonyl (C=O) groups is 1. The van der Waals surface area contributed by atoms with Crippen LogP contribution in [0.3, 0.4) is 0 Å². The summed E-state index contributed by atoms with van der Waals surface area (Å²) in [5.74, 6) is -0.355. The summed E-state index contributed by atoms with van der Waals surface area (Å²) >= 11 is 0. The normalized spacial score (nSPS) is 19.0. The molecular weight excluding hydrogens is 274 g/mol. The minimum absolute atomic E-state index is 0.355. The SMILES string of the molecule is CC(C)=C/C=C/C(=O)ON1C(C)(C)c2ccccc2C1(C)C. The van der Waals surface area contributed by atoms with Gasteiger partial charge < -0.3 is 4.84 Å². The first-order valence-corrected chi connectivity index (χ1v) is 7.61. The molecule has 0 radical (unpaired) electrons. The number of carbonyl (C=O) groups excluding carboxylic acids is 1. The quantitative estimate of drug-likeness (QED) is 0.610. The van der Waals surface area contributed by atoms with Crippen molar-refractivity contribution in [3.63, 3.8) is 0 Å². The highest BCUT2D eigenvalue weighted by atomic mass is 16.7. The molecule has 0 aromatic heterocycles. The summed E-state index contributed by atoms with van der Waals surface area (Å²) in [6, 6.07) is 8.25. The van der Waals surface area contributed by atoms with Crippen LogP contribution in [0.4, 0.5) is 0 Å². The Labute approximate surface area is 133 Å². The Kier molecular flexibility index (Phi) is 4.30. The van der Waals surface area contributed by atoms with E-state index in [0.29, 0.717) is 0 Å². The first kappa shape index (κ1) is 16.5. The van der Waals surface area contributed by atoms with E-state index in [-0.39, 0.29) is 17.0 Å². The molecule has 0 saturated carbocycles. The molecule has 0 fully saturated rings. The van der Waals surface area contributed by atoms with E-state index in [4.69, 9.17) is 4.84 Å². The first-order chi connectivity index (χ1) is 10.2. The maximum absolute atomic E-state index is 12.1. The summed E-state index contributed by atoms with van der Waals surface area (Å²) in [6.45, 7) is 12.3. The van der Waals surface area contributed by atoms with Crippen LogP contribution >= 0.6 is 0 Å². The Hall–Kier alpha value is -1.87. The van der Waals surface area contributed by atoms with Crippen LogP contribution in [0.25, 0.3) is 0 Å². The van der Waals surface area contributed by atoms with E-state index in [1.807, 2.05) is 32.1 Å². The van der Waals surface area contributed by atoms with Crippen LogP contribution in [0, 0.1) is 0 Å². The molecule has 1 aliphatic heterocycles. The van der Waals surface area contributed by atoms with Crippen molar-refractivity contribution in [2.24, 2.45) is 0 Å². The van der Waals surface area contributed by atoms with E-state index in [0.717, 1.165) is 5.57 Å². The van der Waals surface area contributed by atoms with Crippen LogP contribution in [0.1, 0.15) is 52.7 Å². The summed E-state index contributed by atoms with van der Waals surface area (Å²) in [5.41, 5.74) is 2.81. The van der Waals surface area contributed by atoms with Gasteiger partial charge in [-0.2, -0.15) is 0 Å². The zero-order chi connectivity index (χ0) is 16.5. The van der Waals surface area contributed by atoms with Crippen LogP contribution in [0.15, 0.2) is 48.1 Å². The summed E-state index contributed by atoms with van der Waals surface area (Å²) in [6.07, 6.45) is 5.07. The molecule has 0 amide bonds. The number of fused-ring (bicyclic) bond motifs is 1. The maximum atomic E-state index is 12.1. The number of hydrogen-bond donors (Lipinski definition) is 0. The Morgan fingerprint density at radius 2 is 1.55 bits per heavy atom. The van der Waals surface area contributed by atoms with E-state index in [1.54, 1.807) is 11.1 Å². The molecule has 0 spiro atoms. The lowest BCUT2D eigenvalue weighted by Crippen LogP contribution is -2.46. The number of rotatable bonds is 3. The fourth-order valence-electron chi connectivity index (χ4n) is 3.14. The first-order valence-electron chi connectivity index (χ1n) is 7.61. The molecule has 0 atom stereocenters. The van der Waals surface area contributed by atoms with E-state index in [2.05, 4.69) is 39.8 Å². The molecule has 1 aromatic rings. The van der Waals surface area contributed by atoms with Crippen LogP contribution in [0.2, 0.25) is 0 Å². The van der Waals surface area contributed by atoms with Crippen molar-refractivity contribution < 1.29 is 9.63 Å². The summed E-state index contributed by atoms with van der Waals surface area (Å²) in [4.78, 5) is 17.8. The standard InChI is InChI=1S/C19H25NO2/c1-14(2)10-9-13-17(21)22-20-18(3,4)15-11-7-8-12-16(15)19(20,5)6/h7-13H,1-6H3/b13-9+. The van der Waals surface area contributed by atoms with Crippen LogP contribution < -0.4 is 0 Å². The lowest BCUT2D eigenvalue weighted by Gasteiger charge is -2.38. The van der Waals surface area contributed by atoms with Crippen molar-refractivity contribution in [2.45, 2.75) is 52.6 Å². The van der Waals surface area contributed by atoms with Gasteiger partial charge in [-0.15, -0.1) is 5.06 Å². The fraction of sp³-hybridized carbons (Fsp3) is 0.421. The van der Waals surface area contributed by atoms with Crippen molar-refractivity contribution in [1.82, 2.24) is 5.06 Å². The molecular formula is C19H25NO2. The zero-order valence-corrected chi connectivity index (χ0v) is 14.3. The second kappa shape index (κ2) is 5.73. The van der Waals surface area contributed by atoms with Gasteiger partial charge in [0.15, 0.2) is 0 Å². The highest BCUT2D eigenvalue weighted by molar-refractivity contribution is 5.82. The second-order valence-corrected chi connectivity index (χ2v) is 6.97. The Morgan fingerprint density at radius 1 is 1.05 bits per heavy atom. The van der Waals surface area contributed by atoms with Gasteiger partial charge in [-0.25, -0.2) is 4.79 Å². The lowest BCUT2D eigenvalue weighted by molar-refractivity contribution is -0.244. The Bertz CT molecular complexity index is 600. The molecule has 0 N–H and O–H groups in total. The van der Waals surface area contributed by atoms with Crippen molar-refractivity contribution in [3.8, 4) is 0 Å². The number of allylic oxidation sites excluding steroid dienone is 3. The van der Waals surface area contributed by atoms with Gasteiger partial charge in [0.1, 0.15) is 0 Å². The largest absolute Gasteiger partial charge is 0.363 e. The van der Waals surface area contributed by atoms with Crippen LogP contribution in [0.5, 0.6) is 0 Å². The lowest BCUT2D eigenvalue weighted by atomic mass is 9.91. The highest BCUT2D eigenvalue weighted by Crippen LogP contribution is 2.49. The predicted octanol–water partition coefficient (Wildman–Crippen LogP) is 4.45. The predicted molar refractivity (Wildman–Crippen MR) is 89.0 cm³/mol. The summed E-state index contributed by atoms with van der Waals surface area (Å²) in [7, 11) is 0. The van der Waals surface area contributed by atoms with Gasteiger partial charge in [0.05, 0.1) is 11.1 Å². The number of benzene rings is 1. The number of hydroxylamine groups is 2. The molecule has 118 valence electrons. The molecule has 1 aliphatic rings. The summed E-state index contributed by atoms with van der Waals surface area (Å²) in [5, 5.41) is 1.81. The van der Waals surface area contributed by atoms with Crippen LogP contribution in [-0.2, 0) is 20.7 Å². The van der Waals surface area contributed by atoms with E-state index < -0.39 is 0 Å². The highest BCUT2D eigenvalue weighted by Gasteiger charge is 2.51. The average molecular weight is 299 g/mol. The number of nitrogens with zero attached hydrogens (tertiary/aromatic N) is 1. The smallest absolute Gasteiger partial charge is 0.349 e.